The Hall–Kier alpha value is -1.09. The molecule has 1 heterocycles. The zero-order valence-corrected chi connectivity index (χ0v) is 8.58. The maximum atomic E-state index is 11.2. The number of hydrogen-bond donors (Lipinski definition) is 1. The number of carbonyl (C=O) groups excluding carboxylic acids is 1. The molecule has 0 aliphatic rings. The third-order valence-corrected chi connectivity index (χ3v) is 1.48. The van der Waals surface area contributed by atoms with Crippen LogP contribution in [0.2, 0.25) is 0 Å². The van der Waals surface area contributed by atoms with E-state index in [0.29, 0.717) is 6.42 Å². The quantitative estimate of drug-likeness (QED) is 0.773. The van der Waals surface area contributed by atoms with E-state index in [9.17, 15) is 4.79 Å². The van der Waals surface area contributed by atoms with Crippen molar-refractivity contribution in [2.75, 3.05) is 13.6 Å². The summed E-state index contributed by atoms with van der Waals surface area (Å²) in [5, 5.41) is 2.93. The molecule has 1 rings (SSSR count). The second kappa shape index (κ2) is 7.55. The molecule has 13 heavy (non-hydrogen) atoms. The summed E-state index contributed by atoms with van der Waals surface area (Å²) in [4.78, 5) is 11.2. The first-order valence-corrected chi connectivity index (χ1v) is 4.65. The molecule has 0 saturated heterocycles. The Morgan fingerprint density at radius 2 is 1.85 bits per heavy atom. The highest BCUT2D eigenvalue weighted by atomic mass is 16.1. The molecule has 0 aliphatic carbocycles. The lowest BCUT2D eigenvalue weighted by Gasteiger charge is -1.99. The second-order valence-electron chi connectivity index (χ2n) is 2.34. The van der Waals surface area contributed by atoms with Gasteiger partial charge in [-0.2, -0.15) is 0 Å². The zero-order chi connectivity index (χ0) is 10.1. The number of carbonyl (C=O) groups is 1. The third kappa shape index (κ3) is 4.48. The van der Waals surface area contributed by atoms with Gasteiger partial charge in [-0.25, -0.2) is 0 Å². The van der Waals surface area contributed by atoms with E-state index < -0.39 is 0 Å². The smallest absolute Gasteiger partial charge is 0.231 e. The lowest BCUT2D eigenvalue weighted by molar-refractivity contribution is 0.0904. The number of hydrogen-bond acceptors (Lipinski definition) is 2. The highest BCUT2D eigenvalue weighted by Gasteiger charge is 2.00. The van der Waals surface area contributed by atoms with Crippen molar-refractivity contribution in [2.45, 2.75) is 20.3 Å². The summed E-state index contributed by atoms with van der Waals surface area (Å²) in [6.45, 7) is 4.73. The van der Waals surface area contributed by atoms with Crippen LogP contribution in [0.3, 0.4) is 0 Å². The zero-order valence-electron chi connectivity index (χ0n) is 8.58. The Labute approximate surface area is 79.8 Å². The summed E-state index contributed by atoms with van der Waals surface area (Å²) in [5.74, 6) is 0.129. The van der Waals surface area contributed by atoms with Crippen molar-refractivity contribution in [3.8, 4) is 0 Å². The van der Waals surface area contributed by atoms with Crippen molar-refractivity contribution < 1.29 is 4.79 Å². The summed E-state index contributed by atoms with van der Waals surface area (Å²) >= 11 is 0. The van der Waals surface area contributed by atoms with E-state index in [1.54, 1.807) is 17.0 Å². The first-order chi connectivity index (χ1) is 6.34. The SMILES string of the molecule is CC.CNCCC(=O)n1cccc1. The molecular weight excluding hydrogens is 164 g/mol. The largest absolute Gasteiger partial charge is 0.319 e. The Morgan fingerprint density at radius 1 is 1.31 bits per heavy atom. The molecule has 0 fully saturated rings. The molecule has 0 spiro atoms. The van der Waals surface area contributed by atoms with Crippen LogP contribution >= 0.6 is 0 Å². The van der Waals surface area contributed by atoms with Gasteiger partial charge in [0.05, 0.1) is 0 Å². The van der Waals surface area contributed by atoms with Gasteiger partial charge in [-0.3, -0.25) is 9.36 Å². The van der Waals surface area contributed by atoms with Gasteiger partial charge in [-0.15, -0.1) is 0 Å². The first kappa shape index (κ1) is 11.9. The fraction of sp³-hybridized carbons (Fsp3) is 0.500. The molecule has 0 atom stereocenters. The molecule has 0 aliphatic heterocycles. The number of rotatable bonds is 3. The van der Waals surface area contributed by atoms with E-state index in [0.717, 1.165) is 6.54 Å². The lowest BCUT2D eigenvalue weighted by Crippen LogP contribution is -2.16. The minimum absolute atomic E-state index is 0.129. The maximum absolute atomic E-state index is 11.2. The van der Waals surface area contributed by atoms with Crippen molar-refractivity contribution >= 4 is 5.91 Å². The van der Waals surface area contributed by atoms with Crippen LogP contribution in [0.25, 0.3) is 0 Å². The van der Waals surface area contributed by atoms with Crippen molar-refractivity contribution in [1.82, 2.24) is 9.88 Å². The van der Waals surface area contributed by atoms with Gasteiger partial charge in [-0.1, -0.05) is 13.8 Å². The number of aromatic nitrogens is 1. The fourth-order valence-corrected chi connectivity index (χ4v) is 0.862. The van der Waals surface area contributed by atoms with Gasteiger partial charge in [0, 0.05) is 25.4 Å². The van der Waals surface area contributed by atoms with Crippen molar-refractivity contribution in [3.05, 3.63) is 24.5 Å². The monoisotopic (exact) mass is 182 g/mol. The van der Waals surface area contributed by atoms with E-state index >= 15 is 0 Å². The van der Waals surface area contributed by atoms with Gasteiger partial charge < -0.3 is 5.32 Å². The molecular formula is C10H18N2O. The Bertz CT molecular complexity index is 217. The third-order valence-electron chi connectivity index (χ3n) is 1.48. The molecule has 1 aromatic rings. The maximum Gasteiger partial charge on any atom is 0.231 e. The van der Waals surface area contributed by atoms with E-state index in [2.05, 4.69) is 5.32 Å². The van der Waals surface area contributed by atoms with Gasteiger partial charge in [0.2, 0.25) is 5.91 Å². The van der Waals surface area contributed by atoms with Crippen LogP contribution in [0, 0.1) is 0 Å². The van der Waals surface area contributed by atoms with Crippen molar-refractivity contribution in [2.24, 2.45) is 0 Å². The Kier molecular flexibility index (Phi) is 6.92. The fourth-order valence-electron chi connectivity index (χ4n) is 0.862. The lowest BCUT2D eigenvalue weighted by atomic mass is 10.4. The second-order valence-corrected chi connectivity index (χ2v) is 2.34. The summed E-state index contributed by atoms with van der Waals surface area (Å²) < 4.78 is 1.59. The molecule has 1 N–H and O–H groups in total. The molecule has 0 radical (unpaired) electrons. The van der Waals surface area contributed by atoms with Crippen LogP contribution in [0.1, 0.15) is 25.1 Å². The van der Waals surface area contributed by atoms with E-state index in [4.69, 9.17) is 0 Å². The van der Waals surface area contributed by atoms with Crippen molar-refractivity contribution in [1.29, 1.82) is 0 Å². The van der Waals surface area contributed by atoms with Crippen LogP contribution in [0.5, 0.6) is 0 Å². The van der Waals surface area contributed by atoms with E-state index in [-0.39, 0.29) is 5.91 Å². The minimum Gasteiger partial charge on any atom is -0.319 e. The normalized spacial score (nSPS) is 8.85. The summed E-state index contributed by atoms with van der Waals surface area (Å²) in [6.07, 6.45) is 4.07. The molecule has 0 bridgehead atoms. The predicted octanol–water partition coefficient (Wildman–Crippen LogP) is 1.76. The molecule has 0 unspecified atom stereocenters. The van der Waals surface area contributed by atoms with Gasteiger partial charge in [0.25, 0.3) is 0 Å². The first-order valence-electron chi connectivity index (χ1n) is 4.65. The van der Waals surface area contributed by atoms with Crippen LogP contribution in [0.15, 0.2) is 24.5 Å². The predicted molar refractivity (Wildman–Crippen MR) is 55.0 cm³/mol. The molecule has 3 nitrogen and oxygen atoms in total. The van der Waals surface area contributed by atoms with Crippen molar-refractivity contribution in [3.63, 3.8) is 0 Å². The van der Waals surface area contributed by atoms with Gasteiger partial charge in [0.15, 0.2) is 0 Å². The molecule has 0 saturated carbocycles. The molecule has 1 aromatic heterocycles. The number of nitrogens with one attached hydrogen (secondary N) is 1. The standard InChI is InChI=1S/C8H12N2O.C2H6/c1-9-5-4-8(11)10-6-2-3-7-10;1-2/h2-3,6-7,9H,4-5H2,1H3;1-2H3. The van der Waals surface area contributed by atoms with E-state index in [1.807, 2.05) is 33.0 Å². The summed E-state index contributed by atoms with van der Waals surface area (Å²) in [7, 11) is 1.84. The molecule has 0 aromatic carbocycles. The average molecular weight is 182 g/mol. The molecule has 74 valence electrons. The van der Waals surface area contributed by atoms with Gasteiger partial charge in [-0.05, 0) is 19.2 Å². The van der Waals surface area contributed by atoms with Crippen LogP contribution in [-0.4, -0.2) is 24.1 Å². The Morgan fingerprint density at radius 3 is 2.31 bits per heavy atom. The van der Waals surface area contributed by atoms with Crippen LogP contribution < -0.4 is 5.32 Å². The highest BCUT2D eigenvalue weighted by molar-refractivity contribution is 5.78. The topological polar surface area (TPSA) is 34.0 Å². The number of nitrogens with zero attached hydrogens (tertiary/aromatic N) is 1. The molecule has 3 heteroatoms. The van der Waals surface area contributed by atoms with Crippen LogP contribution in [-0.2, 0) is 0 Å². The molecule has 0 amide bonds. The minimum atomic E-state index is 0.129. The Balaban J connectivity index is 0.000000671. The summed E-state index contributed by atoms with van der Waals surface area (Å²) in [6, 6.07) is 3.69. The van der Waals surface area contributed by atoms with Crippen LogP contribution in [0.4, 0.5) is 0 Å². The summed E-state index contributed by atoms with van der Waals surface area (Å²) in [5.41, 5.74) is 0. The van der Waals surface area contributed by atoms with Gasteiger partial charge >= 0.3 is 0 Å². The van der Waals surface area contributed by atoms with Gasteiger partial charge in [0.1, 0.15) is 0 Å². The highest BCUT2D eigenvalue weighted by Crippen LogP contribution is 1.92. The average Bonchev–Trinajstić information content (AvgIpc) is 2.70. The van der Waals surface area contributed by atoms with E-state index in [1.165, 1.54) is 0 Å².